The van der Waals surface area contributed by atoms with Gasteiger partial charge < -0.3 is 20.7 Å². The Balaban J connectivity index is 2.82. The number of carbonyl (C=O) groups excluding carboxylic acids is 2. The van der Waals surface area contributed by atoms with Gasteiger partial charge in [-0.1, -0.05) is 0 Å². The number of ether oxygens (including phenoxy) is 1. The lowest BCUT2D eigenvalue weighted by Crippen LogP contribution is -2.53. The van der Waals surface area contributed by atoms with Crippen LogP contribution in [0.4, 0.5) is 0 Å². The third-order valence-corrected chi connectivity index (χ3v) is 3.45. The van der Waals surface area contributed by atoms with Gasteiger partial charge in [-0.15, -0.1) is 0 Å². The summed E-state index contributed by atoms with van der Waals surface area (Å²) in [6.45, 7) is 4.30. The lowest BCUT2D eigenvalue weighted by molar-refractivity contribution is -0.149. The van der Waals surface area contributed by atoms with E-state index in [-0.39, 0.29) is 12.5 Å². The molecule has 3 N–H and O–H groups in total. The standard InChI is InChI=1S/C12H23N3O3/c1-3-15(8-10(13)16)11(17)12(9-18-2)4-6-14-7-5-12/h14H,3-9H2,1-2H3,(H2,13,16). The molecule has 18 heavy (non-hydrogen) atoms. The first kappa shape index (κ1) is 14.9. The lowest BCUT2D eigenvalue weighted by atomic mass is 9.78. The number of primary amides is 1. The molecular formula is C12H23N3O3. The van der Waals surface area contributed by atoms with E-state index in [1.54, 1.807) is 7.11 Å². The van der Waals surface area contributed by atoms with E-state index >= 15 is 0 Å². The summed E-state index contributed by atoms with van der Waals surface area (Å²) in [5, 5.41) is 3.23. The molecular weight excluding hydrogens is 234 g/mol. The van der Waals surface area contributed by atoms with Crippen LogP contribution in [0.2, 0.25) is 0 Å². The quantitative estimate of drug-likeness (QED) is 0.661. The second-order valence-corrected chi connectivity index (χ2v) is 4.75. The van der Waals surface area contributed by atoms with Crippen molar-refractivity contribution in [2.24, 2.45) is 11.1 Å². The van der Waals surface area contributed by atoms with Gasteiger partial charge in [0.2, 0.25) is 11.8 Å². The lowest BCUT2D eigenvalue weighted by Gasteiger charge is -2.39. The first-order valence-electron chi connectivity index (χ1n) is 6.33. The van der Waals surface area contributed by atoms with E-state index in [0.717, 1.165) is 25.9 Å². The molecule has 0 bridgehead atoms. The van der Waals surface area contributed by atoms with E-state index in [4.69, 9.17) is 10.5 Å². The van der Waals surface area contributed by atoms with Crippen LogP contribution in [-0.4, -0.2) is 56.6 Å². The first-order valence-corrected chi connectivity index (χ1v) is 6.33. The predicted octanol–water partition coefficient (Wildman–Crippen LogP) is -0.664. The van der Waals surface area contributed by atoms with Crippen LogP contribution in [0.5, 0.6) is 0 Å². The number of likely N-dealkylation sites (N-methyl/N-ethyl adjacent to an activating group) is 1. The number of nitrogens with two attached hydrogens (primary N) is 1. The Morgan fingerprint density at radius 2 is 2.00 bits per heavy atom. The fourth-order valence-corrected chi connectivity index (χ4v) is 2.45. The monoisotopic (exact) mass is 257 g/mol. The molecule has 104 valence electrons. The van der Waals surface area contributed by atoms with E-state index in [9.17, 15) is 9.59 Å². The van der Waals surface area contributed by atoms with Gasteiger partial charge >= 0.3 is 0 Å². The minimum atomic E-state index is -0.508. The molecule has 2 amide bonds. The molecule has 1 heterocycles. The SMILES string of the molecule is CCN(CC(N)=O)C(=O)C1(COC)CCNCC1. The normalized spacial score (nSPS) is 18.3. The predicted molar refractivity (Wildman–Crippen MR) is 67.9 cm³/mol. The zero-order chi connectivity index (χ0) is 13.6. The van der Waals surface area contributed by atoms with Gasteiger partial charge in [0.15, 0.2) is 0 Å². The fourth-order valence-electron chi connectivity index (χ4n) is 2.45. The molecule has 6 nitrogen and oxygen atoms in total. The Bertz CT molecular complexity index is 295. The molecule has 1 rings (SSSR count). The highest BCUT2D eigenvalue weighted by molar-refractivity contribution is 5.87. The molecule has 0 aromatic heterocycles. The minimum Gasteiger partial charge on any atom is -0.384 e. The largest absolute Gasteiger partial charge is 0.384 e. The number of methoxy groups -OCH3 is 1. The summed E-state index contributed by atoms with van der Waals surface area (Å²) in [6.07, 6.45) is 1.46. The van der Waals surface area contributed by atoms with Gasteiger partial charge in [0, 0.05) is 13.7 Å². The van der Waals surface area contributed by atoms with E-state index in [0.29, 0.717) is 13.2 Å². The van der Waals surface area contributed by atoms with Crippen molar-refractivity contribution in [3.8, 4) is 0 Å². The van der Waals surface area contributed by atoms with Crippen LogP contribution in [0.3, 0.4) is 0 Å². The second-order valence-electron chi connectivity index (χ2n) is 4.75. The number of hydrogen-bond acceptors (Lipinski definition) is 4. The number of piperidine rings is 1. The number of carbonyl (C=O) groups is 2. The van der Waals surface area contributed by atoms with Crippen molar-refractivity contribution in [2.75, 3.05) is 39.9 Å². The third-order valence-electron chi connectivity index (χ3n) is 3.45. The first-order chi connectivity index (χ1) is 8.55. The van der Waals surface area contributed by atoms with E-state index in [1.165, 1.54) is 4.90 Å². The van der Waals surface area contributed by atoms with Crippen molar-refractivity contribution in [3.05, 3.63) is 0 Å². The van der Waals surface area contributed by atoms with Crippen LogP contribution in [0.15, 0.2) is 0 Å². The van der Waals surface area contributed by atoms with Crippen molar-refractivity contribution in [3.63, 3.8) is 0 Å². The molecule has 1 fully saturated rings. The molecule has 1 aliphatic rings. The van der Waals surface area contributed by atoms with Crippen molar-refractivity contribution >= 4 is 11.8 Å². The van der Waals surface area contributed by atoms with Gasteiger partial charge in [0.25, 0.3) is 0 Å². The Kier molecular flexibility index (Phi) is 5.55. The highest BCUT2D eigenvalue weighted by Gasteiger charge is 2.42. The molecule has 0 unspecified atom stereocenters. The van der Waals surface area contributed by atoms with Crippen LogP contribution >= 0.6 is 0 Å². The van der Waals surface area contributed by atoms with Gasteiger partial charge in [-0.2, -0.15) is 0 Å². The van der Waals surface area contributed by atoms with E-state index in [1.807, 2.05) is 6.92 Å². The number of nitrogens with one attached hydrogen (secondary N) is 1. The van der Waals surface area contributed by atoms with Crippen LogP contribution in [0.1, 0.15) is 19.8 Å². The molecule has 1 aliphatic heterocycles. The number of rotatable bonds is 6. The van der Waals surface area contributed by atoms with Crippen molar-refractivity contribution in [2.45, 2.75) is 19.8 Å². The zero-order valence-corrected chi connectivity index (χ0v) is 11.2. The summed E-state index contributed by atoms with van der Waals surface area (Å²) < 4.78 is 5.21. The Hall–Kier alpha value is -1.14. The van der Waals surface area contributed by atoms with Gasteiger partial charge in [-0.3, -0.25) is 9.59 Å². The Labute approximate surface area is 108 Å². The van der Waals surface area contributed by atoms with Crippen LogP contribution in [0, 0.1) is 5.41 Å². The summed E-state index contributed by atoms with van der Waals surface area (Å²) in [6, 6.07) is 0. The molecule has 1 saturated heterocycles. The molecule has 0 aromatic rings. The molecule has 0 aliphatic carbocycles. The van der Waals surface area contributed by atoms with Crippen LogP contribution < -0.4 is 11.1 Å². The highest BCUT2D eigenvalue weighted by atomic mass is 16.5. The van der Waals surface area contributed by atoms with Crippen LogP contribution in [-0.2, 0) is 14.3 Å². The summed E-state index contributed by atoms with van der Waals surface area (Å²) in [5.41, 5.74) is 4.67. The average Bonchev–Trinajstić information content (AvgIpc) is 2.36. The van der Waals surface area contributed by atoms with Crippen molar-refractivity contribution < 1.29 is 14.3 Å². The zero-order valence-electron chi connectivity index (χ0n) is 11.2. The van der Waals surface area contributed by atoms with E-state index in [2.05, 4.69) is 5.32 Å². The summed E-state index contributed by atoms with van der Waals surface area (Å²) in [7, 11) is 1.60. The minimum absolute atomic E-state index is 0.0196. The topological polar surface area (TPSA) is 84.7 Å². The van der Waals surface area contributed by atoms with Gasteiger partial charge in [0.1, 0.15) is 0 Å². The number of nitrogens with zero attached hydrogens (tertiary/aromatic N) is 1. The molecule has 0 saturated carbocycles. The summed E-state index contributed by atoms with van der Waals surface area (Å²) in [4.78, 5) is 25.1. The molecule has 0 aromatic carbocycles. The fraction of sp³-hybridized carbons (Fsp3) is 0.833. The molecule has 0 atom stereocenters. The smallest absolute Gasteiger partial charge is 0.237 e. The maximum Gasteiger partial charge on any atom is 0.237 e. The summed E-state index contributed by atoms with van der Waals surface area (Å²) in [5.74, 6) is -0.501. The Morgan fingerprint density at radius 3 is 2.44 bits per heavy atom. The maximum atomic E-state index is 12.6. The Morgan fingerprint density at radius 1 is 1.39 bits per heavy atom. The van der Waals surface area contributed by atoms with Gasteiger partial charge in [-0.25, -0.2) is 0 Å². The molecule has 6 heteroatoms. The van der Waals surface area contributed by atoms with E-state index < -0.39 is 11.3 Å². The number of hydrogen-bond donors (Lipinski definition) is 2. The van der Waals surface area contributed by atoms with Gasteiger partial charge in [0.05, 0.1) is 18.6 Å². The van der Waals surface area contributed by atoms with Crippen molar-refractivity contribution in [1.29, 1.82) is 0 Å². The maximum absolute atomic E-state index is 12.6. The second kappa shape index (κ2) is 6.70. The van der Waals surface area contributed by atoms with Crippen LogP contribution in [0.25, 0.3) is 0 Å². The van der Waals surface area contributed by atoms with Gasteiger partial charge in [-0.05, 0) is 32.9 Å². The molecule has 0 spiro atoms. The summed E-state index contributed by atoms with van der Waals surface area (Å²) >= 11 is 0. The highest BCUT2D eigenvalue weighted by Crippen LogP contribution is 2.31. The molecule has 0 radical (unpaired) electrons. The number of amides is 2. The average molecular weight is 257 g/mol. The van der Waals surface area contributed by atoms with Crippen molar-refractivity contribution in [1.82, 2.24) is 10.2 Å². The third kappa shape index (κ3) is 3.43.